The summed E-state index contributed by atoms with van der Waals surface area (Å²) in [6.07, 6.45) is 0. The van der Waals surface area contributed by atoms with E-state index in [1.165, 1.54) is 0 Å². The molecular weight excluding hydrogens is 276 g/mol. The molecule has 0 radical (unpaired) electrons. The molecule has 20 heavy (non-hydrogen) atoms. The molecule has 0 bridgehead atoms. The number of aromatic nitrogens is 2. The Balaban J connectivity index is 2.30. The maximum absolute atomic E-state index is 12.8. The van der Waals surface area contributed by atoms with Crippen LogP contribution in [-0.4, -0.2) is 60.1 Å². The molecule has 6 nitrogen and oxygen atoms in total. The summed E-state index contributed by atoms with van der Waals surface area (Å²) < 4.78 is 29.0. The highest BCUT2D eigenvalue weighted by atomic mass is 32.2. The first-order valence-electron chi connectivity index (χ1n) is 7.18. The zero-order valence-electron chi connectivity index (χ0n) is 12.8. The second-order valence-electron chi connectivity index (χ2n) is 5.15. The topological polar surface area (TPSA) is 58.4 Å². The van der Waals surface area contributed by atoms with E-state index in [0.29, 0.717) is 30.2 Å². The van der Waals surface area contributed by atoms with E-state index >= 15 is 0 Å². The summed E-state index contributed by atoms with van der Waals surface area (Å²) in [4.78, 5) is 2.66. The molecule has 0 spiro atoms. The molecule has 2 heterocycles. The van der Waals surface area contributed by atoms with Crippen LogP contribution in [0.2, 0.25) is 0 Å². The van der Waals surface area contributed by atoms with Gasteiger partial charge in [0.25, 0.3) is 0 Å². The molecule has 1 aliphatic rings. The molecular formula is C13H24N4O2S. The van der Waals surface area contributed by atoms with Crippen LogP contribution in [0.15, 0.2) is 4.90 Å². The summed E-state index contributed by atoms with van der Waals surface area (Å²) in [5, 5.41) is 4.32. The van der Waals surface area contributed by atoms with Crippen molar-refractivity contribution in [3.63, 3.8) is 0 Å². The molecule has 0 N–H and O–H groups in total. The first-order valence-corrected chi connectivity index (χ1v) is 8.62. The number of piperazine rings is 1. The lowest BCUT2D eigenvalue weighted by atomic mass is 10.4. The average Bonchev–Trinajstić information content (AvgIpc) is 2.73. The highest BCUT2D eigenvalue weighted by Crippen LogP contribution is 2.24. The van der Waals surface area contributed by atoms with Gasteiger partial charge in [-0.1, -0.05) is 6.92 Å². The Morgan fingerprint density at radius 2 is 1.65 bits per heavy atom. The third-order valence-electron chi connectivity index (χ3n) is 3.99. The van der Waals surface area contributed by atoms with Crippen molar-refractivity contribution in [2.75, 3.05) is 32.7 Å². The molecule has 1 aliphatic heterocycles. The van der Waals surface area contributed by atoms with Gasteiger partial charge in [0, 0.05) is 32.7 Å². The number of sulfonamides is 1. The lowest BCUT2D eigenvalue weighted by Crippen LogP contribution is -2.48. The van der Waals surface area contributed by atoms with Gasteiger partial charge in [0.05, 0.1) is 11.4 Å². The van der Waals surface area contributed by atoms with Gasteiger partial charge < -0.3 is 4.90 Å². The largest absolute Gasteiger partial charge is 0.301 e. The molecule has 2 rings (SSSR count). The Kier molecular flexibility index (Phi) is 4.51. The number of aryl methyl sites for hydroxylation is 2. The third-order valence-corrected chi connectivity index (χ3v) is 6.14. The summed E-state index contributed by atoms with van der Waals surface area (Å²) in [5.74, 6) is 0. The SMILES string of the molecule is CCN1CCN(S(=O)(=O)c2c(C)nn(CC)c2C)CC1. The van der Waals surface area contributed by atoms with Crippen molar-refractivity contribution in [3.05, 3.63) is 11.4 Å². The summed E-state index contributed by atoms with van der Waals surface area (Å²) >= 11 is 0. The molecule has 1 fully saturated rings. The quantitative estimate of drug-likeness (QED) is 0.827. The summed E-state index contributed by atoms with van der Waals surface area (Å²) in [7, 11) is -3.42. The second kappa shape index (κ2) is 5.83. The van der Waals surface area contributed by atoms with E-state index in [1.807, 2.05) is 13.8 Å². The van der Waals surface area contributed by atoms with Gasteiger partial charge in [-0.15, -0.1) is 0 Å². The van der Waals surface area contributed by atoms with Crippen molar-refractivity contribution in [2.45, 2.75) is 39.1 Å². The van der Waals surface area contributed by atoms with Crippen LogP contribution in [0.1, 0.15) is 25.2 Å². The van der Waals surface area contributed by atoms with Crippen molar-refractivity contribution in [1.82, 2.24) is 19.0 Å². The van der Waals surface area contributed by atoms with E-state index in [0.717, 1.165) is 25.3 Å². The minimum atomic E-state index is -3.42. The second-order valence-corrected chi connectivity index (χ2v) is 7.03. The summed E-state index contributed by atoms with van der Waals surface area (Å²) in [6, 6.07) is 0. The van der Waals surface area contributed by atoms with E-state index in [1.54, 1.807) is 15.9 Å². The van der Waals surface area contributed by atoms with Gasteiger partial charge in [-0.3, -0.25) is 4.68 Å². The van der Waals surface area contributed by atoms with Gasteiger partial charge in [-0.25, -0.2) is 8.42 Å². The molecule has 0 unspecified atom stereocenters. The number of nitrogens with zero attached hydrogens (tertiary/aromatic N) is 4. The van der Waals surface area contributed by atoms with Gasteiger partial charge in [0.2, 0.25) is 10.0 Å². The van der Waals surface area contributed by atoms with Crippen LogP contribution >= 0.6 is 0 Å². The molecule has 0 saturated carbocycles. The standard InChI is InChI=1S/C13H24N4O2S/c1-5-15-7-9-16(10-8-15)20(18,19)13-11(3)14-17(6-2)12(13)4/h5-10H2,1-4H3. The fourth-order valence-corrected chi connectivity index (χ4v) is 4.57. The van der Waals surface area contributed by atoms with Gasteiger partial charge in [-0.2, -0.15) is 9.40 Å². The smallest absolute Gasteiger partial charge is 0.246 e. The first-order chi connectivity index (χ1) is 9.41. The van der Waals surface area contributed by atoms with Crippen molar-refractivity contribution in [3.8, 4) is 0 Å². The number of hydrogen-bond donors (Lipinski definition) is 0. The lowest BCUT2D eigenvalue weighted by Gasteiger charge is -2.33. The van der Waals surface area contributed by atoms with Gasteiger partial charge in [0.1, 0.15) is 4.90 Å². The normalized spacial score (nSPS) is 18.6. The number of rotatable bonds is 4. The summed E-state index contributed by atoms with van der Waals surface area (Å²) in [5.41, 5.74) is 1.34. The molecule has 1 aromatic heterocycles. The maximum Gasteiger partial charge on any atom is 0.246 e. The Labute approximate surface area is 121 Å². The molecule has 0 aliphatic carbocycles. The van der Waals surface area contributed by atoms with Crippen LogP contribution in [0.3, 0.4) is 0 Å². The zero-order valence-corrected chi connectivity index (χ0v) is 13.6. The van der Waals surface area contributed by atoms with Crippen molar-refractivity contribution in [1.29, 1.82) is 0 Å². The van der Waals surface area contributed by atoms with E-state index in [9.17, 15) is 8.42 Å². The van der Waals surface area contributed by atoms with Gasteiger partial charge in [-0.05, 0) is 27.3 Å². The van der Waals surface area contributed by atoms with E-state index in [4.69, 9.17) is 0 Å². The molecule has 114 valence electrons. The molecule has 1 aromatic rings. The van der Waals surface area contributed by atoms with Crippen LogP contribution in [0.5, 0.6) is 0 Å². The van der Waals surface area contributed by atoms with E-state index < -0.39 is 10.0 Å². The lowest BCUT2D eigenvalue weighted by molar-refractivity contribution is 0.196. The van der Waals surface area contributed by atoms with E-state index in [2.05, 4.69) is 16.9 Å². The Hall–Kier alpha value is -0.920. The highest BCUT2D eigenvalue weighted by Gasteiger charge is 2.32. The van der Waals surface area contributed by atoms with Crippen molar-refractivity contribution >= 4 is 10.0 Å². The monoisotopic (exact) mass is 300 g/mol. The number of hydrogen-bond acceptors (Lipinski definition) is 4. The van der Waals surface area contributed by atoms with Crippen LogP contribution in [0, 0.1) is 13.8 Å². The van der Waals surface area contributed by atoms with Crippen molar-refractivity contribution in [2.24, 2.45) is 0 Å². The molecule has 7 heteroatoms. The fourth-order valence-electron chi connectivity index (χ4n) is 2.78. The van der Waals surface area contributed by atoms with Crippen molar-refractivity contribution < 1.29 is 8.42 Å². The minimum absolute atomic E-state index is 0.393. The molecule has 0 atom stereocenters. The predicted molar refractivity (Wildman–Crippen MR) is 78.2 cm³/mol. The third kappa shape index (κ3) is 2.62. The van der Waals surface area contributed by atoms with Crippen LogP contribution in [0.4, 0.5) is 0 Å². The Bertz CT molecular complexity index is 571. The summed E-state index contributed by atoms with van der Waals surface area (Å²) in [6.45, 7) is 12.1. The van der Waals surface area contributed by atoms with Crippen LogP contribution in [-0.2, 0) is 16.6 Å². The first kappa shape index (κ1) is 15.5. The van der Waals surface area contributed by atoms with E-state index in [-0.39, 0.29) is 0 Å². The Morgan fingerprint density at radius 3 is 2.10 bits per heavy atom. The fraction of sp³-hybridized carbons (Fsp3) is 0.769. The number of likely N-dealkylation sites (N-methyl/N-ethyl adjacent to an activating group) is 1. The van der Waals surface area contributed by atoms with Crippen LogP contribution < -0.4 is 0 Å². The highest BCUT2D eigenvalue weighted by molar-refractivity contribution is 7.89. The van der Waals surface area contributed by atoms with Gasteiger partial charge >= 0.3 is 0 Å². The average molecular weight is 300 g/mol. The predicted octanol–water partition coefficient (Wildman–Crippen LogP) is 0.846. The van der Waals surface area contributed by atoms with Crippen LogP contribution in [0.25, 0.3) is 0 Å². The van der Waals surface area contributed by atoms with Gasteiger partial charge in [0.15, 0.2) is 0 Å². The Morgan fingerprint density at radius 1 is 1.05 bits per heavy atom. The maximum atomic E-state index is 12.8. The molecule has 1 saturated heterocycles. The zero-order chi connectivity index (χ0) is 14.9. The molecule has 0 amide bonds. The molecule has 0 aromatic carbocycles. The minimum Gasteiger partial charge on any atom is -0.301 e.